The zero-order chi connectivity index (χ0) is 16.3. The predicted octanol–water partition coefficient (Wildman–Crippen LogP) is 5.84. The second kappa shape index (κ2) is 7.23. The van der Waals surface area contributed by atoms with Crippen LogP contribution in [0.2, 0.25) is 15.1 Å². The molecule has 2 rings (SSSR count). The fourth-order valence-corrected chi connectivity index (χ4v) is 2.86. The average molecular weight is 358 g/mol. The molecular formula is C16H15Cl3N2O. The topological polar surface area (TPSA) is 41.1 Å². The van der Waals surface area contributed by atoms with Crippen LogP contribution in [-0.4, -0.2) is 6.03 Å². The van der Waals surface area contributed by atoms with Crippen LogP contribution in [0.5, 0.6) is 0 Å². The van der Waals surface area contributed by atoms with Gasteiger partial charge in [0.1, 0.15) is 0 Å². The van der Waals surface area contributed by atoms with E-state index < -0.39 is 0 Å². The maximum Gasteiger partial charge on any atom is 0.319 e. The molecule has 0 unspecified atom stereocenters. The van der Waals surface area contributed by atoms with Crippen LogP contribution in [0.15, 0.2) is 36.4 Å². The lowest BCUT2D eigenvalue weighted by Gasteiger charge is -2.17. The SMILES string of the molecule is Cc1ccc(NC(=O)N[C@H](C)c2ccc(Cl)cc2Cl)c(Cl)c1. The molecule has 2 aromatic rings. The van der Waals surface area contributed by atoms with Crippen molar-refractivity contribution in [2.75, 3.05) is 5.32 Å². The molecule has 0 spiro atoms. The van der Waals surface area contributed by atoms with Gasteiger partial charge in [-0.25, -0.2) is 4.79 Å². The number of nitrogens with one attached hydrogen (secondary N) is 2. The highest BCUT2D eigenvalue weighted by Gasteiger charge is 2.13. The minimum absolute atomic E-state index is 0.269. The third-order valence-electron chi connectivity index (χ3n) is 3.15. The number of urea groups is 1. The van der Waals surface area contributed by atoms with E-state index in [4.69, 9.17) is 34.8 Å². The molecule has 116 valence electrons. The molecule has 3 nitrogen and oxygen atoms in total. The summed E-state index contributed by atoms with van der Waals surface area (Å²) in [6.07, 6.45) is 0. The van der Waals surface area contributed by atoms with Crippen LogP contribution >= 0.6 is 34.8 Å². The first-order valence-corrected chi connectivity index (χ1v) is 7.79. The van der Waals surface area contributed by atoms with E-state index in [1.54, 1.807) is 30.3 Å². The van der Waals surface area contributed by atoms with Crippen molar-refractivity contribution in [1.29, 1.82) is 0 Å². The number of hydrogen-bond donors (Lipinski definition) is 2. The van der Waals surface area contributed by atoms with Crippen molar-refractivity contribution in [3.63, 3.8) is 0 Å². The Labute approximate surface area is 144 Å². The van der Waals surface area contributed by atoms with E-state index in [9.17, 15) is 4.79 Å². The van der Waals surface area contributed by atoms with Crippen LogP contribution in [-0.2, 0) is 0 Å². The fourth-order valence-electron chi connectivity index (χ4n) is 2.01. The number of anilines is 1. The second-order valence-corrected chi connectivity index (χ2v) is 6.22. The van der Waals surface area contributed by atoms with Crippen molar-refractivity contribution in [2.24, 2.45) is 0 Å². The van der Waals surface area contributed by atoms with Crippen molar-refractivity contribution in [3.05, 3.63) is 62.6 Å². The number of halogens is 3. The van der Waals surface area contributed by atoms with Crippen molar-refractivity contribution in [2.45, 2.75) is 19.9 Å². The van der Waals surface area contributed by atoms with Gasteiger partial charge in [0.05, 0.1) is 16.8 Å². The maximum atomic E-state index is 12.1. The Bertz CT molecular complexity index is 704. The van der Waals surface area contributed by atoms with Crippen LogP contribution in [0, 0.1) is 6.92 Å². The van der Waals surface area contributed by atoms with Gasteiger partial charge < -0.3 is 10.6 Å². The first-order valence-electron chi connectivity index (χ1n) is 6.65. The lowest BCUT2D eigenvalue weighted by atomic mass is 10.1. The molecule has 0 aliphatic rings. The van der Waals surface area contributed by atoms with Gasteiger partial charge in [0.2, 0.25) is 0 Å². The Kier molecular flexibility index (Phi) is 5.57. The molecule has 1 atom stereocenters. The quantitative estimate of drug-likeness (QED) is 0.712. The molecule has 0 aromatic heterocycles. The van der Waals surface area contributed by atoms with E-state index in [2.05, 4.69) is 10.6 Å². The molecule has 0 aliphatic heterocycles. The normalized spacial score (nSPS) is 11.9. The lowest BCUT2D eigenvalue weighted by molar-refractivity contribution is 0.249. The Morgan fingerprint density at radius 3 is 2.41 bits per heavy atom. The maximum absolute atomic E-state index is 12.1. The molecule has 22 heavy (non-hydrogen) atoms. The molecule has 0 saturated carbocycles. The van der Waals surface area contributed by atoms with Crippen LogP contribution in [0.3, 0.4) is 0 Å². The summed E-state index contributed by atoms with van der Waals surface area (Å²) in [5.41, 5.74) is 2.37. The number of rotatable bonds is 3. The lowest BCUT2D eigenvalue weighted by Crippen LogP contribution is -2.31. The molecule has 2 amide bonds. The highest BCUT2D eigenvalue weighted by molar-refractivity contribution is 6.35. The van der Waals surface area contributed by atoms with E-state index in [1.807, 2.05) is 19.9 Å². The van der Waals surface area contributed by atoms with Crippen LogP contribution in [0.1, 0.15) is 24.1 Å². The molecule has 0 bridgehead atoms. The predicted molar refractivity (Wildman–Crippen MR) is 93.2 cm³/mol. The minimum atomic E-state index is -0.357. The van der Waals surface area contributed by atoms with Gasteiger partial charge in [-0.2, -0.15) is 0 Å². The molecule has 2 aromatic carbocycles. The zero-order valence-electron chi connectivity index (χ0n) is 12.1. The largest absolute Gasteiger partial charge is 0.331 e. The second-order valence-electron chi connectivity index (χ2n) is 4.97. The highest BCUT2D eigenvalue weighted by atomic mass is 35.5. The average Bonchev–Trinajstić information content (AvgIpc) is 2.41. The third-order valence-corrected chi connectivity index (χ3v) is 4.02. The van der Waals surface area contributed by atoms with Gasteiger partial charge in [-0.15, -0.1) is 0 Å². The molecule has 0 heterocycles. The van der Waals surface area contributed by atoms with Gasteiger partial charge in [0.25, 0.3) is 0 Å². The standard InChI is InChI=1S/C16H15Cl3N2O/c1-9-3-6-15(14(19)7-9)21-16(22)20-10(2)12-5-4-11(17)8-13(12)18/h3-8,10H,1-2H3,(H2,20,21,22)/t10-/m1/s1. The summed E-state index contributed by atoms with van der Waals surface area (Å²) in [4.78, 5) is 12.1. The third kappa shape index (κ3) is 4.29. The van der Waals surface area contributed by atoms with Crippen molar-refractivity contribution < 1.29 is 4.79 Å². The summed E-state index contributed by atoms with van der Waals surface area (Å²) in [6.45, 7) is 3.77. The Morgan fingerprint density at radius 1 is 1.05 bits per heavy atom. The van der Waals surface area contributed by atoms with Gasteiger partial charge in [0, 0.05) is 10.0 Å². The summed E-state index contributed by atoms with van der Waals surface area (Å²) in [6, 6.07) is 9.96. The van der Waals surface area contributed by atoms with Gasteiger partial charge in [-0.1, -0.05) is 46.9 Å². The Hall–Kier alpha value is -1.42. The molecule has 6 heteroatoms. The minimum Gasteiger partial charge on any atom is -0.331 e. The zero-order valence-corrected chi connectivity index (χ0v) is 14.4. The number of carbonyl (C=O) groups excluding carboxylic acids is 1. The summed E-state index contributed by atoms with van der Waals surface area (Å²) < 4.78 is 0. The number of amides is 2. The molecule has 2 N–H and O–H groups in total. The van der Waals surface area contributed by atoms with E-state index in [0.29, 0.717) is 20.8 Å². The van der Waals surface area contributed by atoms with E-state index >= 15 is 0 Å². The molecule has 0 fully saturated rings. The monoisotopic (exact) mass is 356 g/mol. The van der Waals surface area contributed by atoms with E-state index in [1.165, 1.54) is 0 Å². The summed E-state index contributed by atoms with van der Waals surface area (Å²) in [7, 11) is 0. The summed E-state index contributed by atoms with van der Waals surface area (Å²) in [5, 5.41) is 7.08. The molecular weight excluding hydrogens is 343 g/mol. The van der Waals surface area contributed by atoms with E-state index in [0.717, 1.165) is 11.1 Å². The van der Waals surface area contributed by atoms with Gasteiger partial charge in [0.15, 0.2) is 0 Å². The van der Waals surface area contributed by atoms with Crippen molar-refractivity contribution >= 4 is 46.5 Å². The van der Waals surface area contributed by atoms with Crippen LogP contribution < -0.4 is 10.6 Å². The van der Waals surface area contributed by atoms with Gasteiger partial charge >= 0.3 is 6.03 Å². The van der Waals surface area contributed by atoms with Crippen molar-refractivity contribution in [1.82, 2.24) is 5.32 Å². The molecule has 0 radical (unpaired) electrons. The smallest absolute Gasteiger partial charge is 0.319 e. The van der Waals surface area contributed by atoms with Gasteiger partial charge in [-0.05, 0) is 49.2 Å². The van der Waals surface area contributed by atoms with E-state index in [-0.39, 0.29) is 12.1 Å². The Morgan fingerprint density at radius 2 is 1.77 bits per heavy atom. The summed E-state index contributed by atoms with van der Waals surface area (Å²) in [5.74, 6) is 0. The first-order chi connectivity index (χ1) is 10.4. The molecule has 0 saturated heterocycles. The summed E-state index contributed by atoms with van der Waals surface area (Å²) >= 11 is 18.1. The highest BCUT2D eigenvalue weighted by Crippen LogP contribution is 2.26. The fraction of sp³-hybridized carbons (Fsp3) is 0.188. The number of hydrogen-bond acceptors (Lipinski definition) is 1. The van der Waals surface area contributed by atoms with Gasteiger partial charge in [-0.3, -0.25) is 0 Å². The van der Waals surface area contributed by atoms with Crippen molar-refractivity contribution in [3.8, 4) is 0 Å². The molecule has 0 aliphatic carbocycles. The number of aryl methyl sites for hydroxylation is 1. The Balaban J connectivity index is 2.05. The number of carbonyl (C=O) groups is 1. The van der Waals surface area contributed by atoms with Crippen LogP contribution in [0.4, 0.5) is 10.5 Å². The first kappa shape index (κ1) is 16.9. The number of benzene rings is 2. The van der Waals surface area contributed by atoms with Crippen LogP contribution in [0.25, 0.3) is 0 Å².